The molecule has 0 aliphatic rings. The predicted octanol–water partition coefficient (Wildman–Crippen LogP) is 1.31. The Labute approximate surface area is 99.1 Å². The number of carbonyl (C=O) groups is 1. The van der Waals surface area contributed by atoms with Gasteiger partial charge >= 0.3 is 0 Å². The average Bonchev–Trinajstić information content (AvgIpc) is 2.26. The SMILES string of the molecule is CCCC(COC)NCC(=O)NC(C)CC. The fraction of sp³-hybridized carbons (Fsp3) is 0.917. The van der Waals surface area contributed by atoms with Gasteiger partial charge in [0.05, 0.1) is 13.2 Å². The summed E-state index contributed by atoms with van der Waals surface area (Å²) in [4.78, 5) is 11.5. The van der Waals surface area contributed by atoms with Gasteiger partial charge in [-0.05, 0) is 19.8 Å². The first kappa shape index (κ1) is 15.4. The van der Waals surface area contributed by atoms with Crippen molar-refractivity contribution >= 4 is 5.91 Å². The molecule has 4 nitrogen and oxygen atoms in total. The van der Waals surface area contributed by atoms with Crippen molar-refractivity contribution in [1.29, 1.82) is 0 Å². The van der Waals surface area contributed by atoms with Gasteiger partial charge in [0, 0.05) is 19.2 Å². The molecule has 0 aromatic heterocycles. The van der Waals surface area contributed by atoms with E-state index in [0.717, 1.165) is 19.3 Å². The minimum absolute atomic E-state index is 0.0616. The number of rotatable bonds is 9. The first-order chi connectivity index (χ1) is 7.63. The summed E-state index contributed by atoms with van der Waals surface area (Å²) in [5.74, 6) is 0.0616. The highest BCUT2D eigenvalue weighted by molar-refractivity contribution is 5.78. The van der Waals surface area contributed by atoms with Crippen LogP contribution in [0, 0.1) is 0 Å². The second-order valence-electron chi connectivity index (χ2n) is 4.20. The first-order valence-corrected chi connectivity index (χ1v) is 6.15. The van der Waals surface area contributed by atoms with Crippen LogP contribution in [-0.2, 0) is 9.53 Å². The van der Waals surface area contributed by atoms with E-state index in [1.807, 2.05) is 6.92 Å². The molecule has 2 unspecified atom stereocenters. The molecule has 4 heteroatoms. The maximum Gasteiger partial charge on any atom is 0.234 e. The van der Waals surface area contributed by atoms with Gasteiger partial charge in [0.25, 0.3) is 0 Å². The molecule has 0 saturated heterocycles. The quantitative estimate of drug-likeness (QED) is 0.628. The van der Waals surface area contributed by atoms with E-state index >= 15 is 0 Å². The Morgan fingerprint density at radius 3 is 2.56 bits per heavy atom. The zero-order chi connectivity index (χ0) is 12.4. The van der Waals surface area contributed by atoms with Crippen molar-refractivity contribution in [1.82, 2.24) is 10.6 Å². The van der Waals surface area contributed by atoms with Crippen LogP contribution < -0.4 is 10.6 Å². The van der Waals surface area contributed by atoms with Crippen LogP contribution in [-0.4, -0.2) is 38.3 Å². The molecule has 1 amide bonds. The molecule has 0 rings (SSSR count). The molecule has 96 valence electrons. The van der Waals surface area contributed by atoms with Crippen molar-refractivity contribution in [2.75, 3.05) is 20.3 Å². The molecule has 0 spiro atoms. The van der Waals surface area contributed by atoms with E-state index in [2.05, 4.69) is 24.5 Å². The lowest BCUT2D eigenvalue weighted by atomic mass is 10.2. The third-order valence-electron chi connectivity index (χ3n) is 2.58. The molecule has 0 aliphatic heterocycles. The molecule has 2 N–H and O–H groups in total. The fourth-order valence-electron chi connectivity index (χ4n) is 1.46. The third-order valence-corrected chi connectivity index (χ3v) is 2.58. The Kier molecular flexibility index (Phi) is 9.24. The summed E-state index contributed by atoms with van der Waals surface area (Å²) in [5.41, 5.74) is 0. The number of nitrogens with one attached hydrogen (secondary N) is 2. The van der Waals surface area contributed by atoms with Gasteiger partial charge in [-0.2, -0.15) is 0 Å². The standard InChI is InChI=1S/C12H26N2O2/c1-5-7-11(9-16-4)13-8-12(15)14-10(3)6-2/h10-11,13H,5-9H2,1-4H3,(H,14,15). The van der Waals surface area contributed by atoms with Crippen LogP contribution in [0.4, 0.5) is 0 Å². The lowest BCUT2D eigenvalue weighted by Crippen LogP contribution is -2.43. The average molecular weight is 230 g/mol. The Hall–Kier alpha value is -0.610. The zero-order valence-electron chi connectivity index (χ0n) is 11.0. The van der Waals surface area contributed by atoms with Gasteiger partial charge < -0.3 is 15.4 Å². The maximum atomic E-state index is 11.5. The number of hydrogen-bond donors (Lipinski definition) is 2. The van der Waals surface area contributed by atoms with Gasteiger partial charge in [-0.25, -0.2) is 0 Å². The number of ether oxygens (including phenoxy) is 1. The fourth-order valence-corrected chi connectivity index (χ4v) is 1.46. The van der Waals surface area contributed by atoms with Crippen LogP contribution in [0.1, 0.15) is 40.0 Å². The van der Waals surface area contributed by atoms with Crippen molar-refractivity contribution in [3.8, 4) is 0 Å². The normalized spacial score (nSPS) is 14.5. The number of hydrogen-bond acceptors (Lipinski definition) is 3. The molecule has 0 heterocycles. The van der Waals surface area contributed by atoms with Gasteiger partial charge in [-0.1, -0.05) is 20.3 Å². The van der Waals surface area contributed by atoms with E-state index in [0.29, 0.717) is 13.2 Å². The summed E-state index contributed by atoms with van der Waals surface area (Å²) < 4.78 is 5.10. The molecule has 0 aromatic rings. The van der Waals surface area contributed by atoms with Crippen molar-refractivity contribution in [3.05, 3.63) is 0 Å². The first-order valence-electron chi connectivity index (χ1n) is 6.15. The van der Waals surface area contributed by atoms with Gasteiger partial charge in [-0.15, -0.1) is 0 Å². The van der Waals surface area contributed by atoms with Gasteiger partial charge in [0.15, 0.2) is 0 Å². The molecular formula is C12H26N2O2. The van der Waals surface area contributed by atoms with E-state index in [9.17, 15) is 4.79 Å². The second-order valence-corrected chi connectivity index (χ2v) is 4.20. The summed E-state index contributed by atoms with van der Waals surface area (Å²) >= 11 is 0. The number of amides is 1. The van der Waals surface area contributed by atoms with Gasteiger partial charge in [-0.3, -0.25) is 4.79 Å². The summed E-state index contributed by atoms with van der Waals surface area (Å²) in [5, 5.41) is 6.14. The molecule has 0 aromatic carbocycles. The minimum Gasteiger partial charge on any atom is -0.383 e. The van der Waals surface area contributed by atoms with E-state index in [-0.39, 0.29) is 18.0 Å². The second kappa shape index (κ2) is 9.60. The van der Waals surface area contributed by atoms with Crippen molar-refractivity contribution in [2.45, 2.75) is 52.1 Å². The van der Waals surface area contributed by atoms with E-state index in [1.165, 1.54) is 0 Å². The van der Waals surface area contributed by atoms with E-state index in [4.69, 9.17) is 4.74 Å². The van der Waals surface area contributed by atoms with Crippen LogP contribution >= 0.6 is 0 Å². The molecule has 0 radical (unpaired) electrons. The zero-order valence-corrected chi connectivity index (χ0v) is 11.0. The van der Waals surface area contributed by atoms with Crippen LogP contribution in [0.3, 0.4) is 0 Å². The largest absolute Gasteiger partial charge is 0.383 e. The third kappa shape index (κ3) is 7.65. The topological polar surface area (TPSA) is 50.4 Å². The Bertz CT molecular complexity index is 180. The van der Waals surface area contributed by atoms with Crippen LogP contribution in [0.15, 0.2) is 0 Å². The Balaban J connectivity index is 3.77. The van der Waals surface area contributed by atoms with Crippen molar-refractivity contribution in [2.24, 2.45) is 0 Å². The lowest BCUT2D eigenvalue weighted by molar-refractivity contribution is -0.121. The Morgan fingerprint density at radius 2 is 2.06 bits per heavy atom. The molecule has 0 bridgehead atoms. The highest BCUT2D eigenvalue weighted by Gasteiger charge is 2.10. The summed E-state index contributed by atoms with van der Waals surface area (Å²) in [7, 11) is 1.68. The van der Waals surface area contributed by atoms with Gasteiger partial charge in [0.2, 0.25) is 5.91 Å². The summed E-state index contributed by atoms with van der Waals surface area (Å²) in [6.45, 7) is 7.23. The van der Waals surface area contributed by atoms with Crippen molar-refractivity contribution in [3.63, 3.8) is 0 Å². The van der Waals surface area contributed by atoms with E-state index < -0.39 is 0 Å². The van der Waals surface area contributed by atoms with E-state index in [1.54, 1.807) is 7.11 Å². The van der Waals surface area contributed by atoms with Crippen LogP contribution in [0.2, 0.25) is 0 Å². The number of carbonyl (C=O) groups excluding carboxylic acids is 1. The molecule has 2 atom stereocenters. The molecule has 0 aliphatic carbocycles. The lowest BCUT2D eigenvalue weighted by Gasteiger charge is -2.18. The molecular weight excluding hydrogens is 204 g/mol. The van der Waals surface area contributed by atoms with Crippen LogP contribution in [0.25, 0.3) is 0 Å². The monoisotopic (exact) mass is 230 g/mol. The van der Waals surface area contributed by atoms with Crippen molar-refractivity contribution < 1.29 is 9.53 Å². The minimum atomic E-state index is 0.0616. The predicted molar refractivity (Wildman–Crippen MR) is 66.5 cm³/mol. The van der Waals surface area contributed by atoms with Gasteiger partial charge in [0.1, 0.15) is 0 Å². The van der Waals surface area contributed by atoms with Crippen LogP contribution in [0.5, 0.6) is 0 Å². The maximum absolute atomic E-state index is 11.5. The summed E-state index contributed by atoms with van der Waals surface area (Å²) in [6, 6.07) is 0.527. The highest BCUT2D eigenvalue weighted by Crippen LogP contribution is 1.96. The summed E-state index contributed by atoms with van der Waals surface area (Å²) in [6.07, 6.45) is 3.08. The molecule has 16 heavy (non-hydrogen) atoms. The highest BCUT2D eigenvalue weighted by atomic mass is 16.5. The number of methoxy groups -OCH3 is 1. The molecule has 0 fully saturated rings. The Morgan fingerprint density at radius 1 is 1.38 bits per heavy atom. The smallest absolute Gasteiger partial charge is 0.234 e. The molecule has 0 saturated carbocycles.